The number of benzene rings is 1. The Balaban J connectivity index is 2.57. The third-order valence-corrected chi connectivity index (χ3v) is 3.88. The second-order valence-corrected chi connectivity index (χ2v) is 4.91. The number of aromatic hydroxyl groups is 2. The van der Waals surface area contributed by atoms with E-state index in [0.717, 1.165) is 42.4 Å². The Kier molecular flexibility index (Phi) is 2.58. The average molecular weight is 221 g/mol. The lowest BCUT2D eigenvalue weighted by Crippen LogP contribution is -2.34. The lowest BCUT2D eigenvalue weighted by Gasteiger charge is -2.27. The summed E-state index contributed by atoms with van der Waals surface area (Å²) in [6.07, 6.45) is 4.18. The summed E-state index contributed by atoms with van der Waals surface area (Å²) in [6.45, 7) is 3.77. The first-order chi connectivity index (χ1) is 7.46. The highest BCUT2D eigenvalue weighted by Crippen LogP contribution is 2.42. The van der Waals surface area contributed by atoms with Gasteiger partial charge in [0, 0.05) is 5.54 Å². The second-order valence-electron chi connectivity index (χ2n) is 4.91. The summed E-state index contributed by atoms with van der Waals surface area (Å²) in [5, 5.41) is 19.3. The van der Waals surface area contributed by atoms with Crippen LogP contribution < -0.4 is 5.73 Å². The van der Waals surface area contributed by atoms with Crippen LogP contribution in [0.4, 0.5) is 0 Å². The summed E-state index contributed by atoms with van der Waals surface area (Å²) >= 11 is 0. The molecule has 0 radical (unpaired) electrons. The Morgan fingerprint density at radius 1 is 1.12 bits per heavy atom. The lowest BCUT2D eigenvalue weighted by atomic mass is 9.84. The summed E-state index contributed by atoms with van der Waals surface area (Å²) in [5.74, 6) is -0.0855. The van der Waals surface area contributed by atoms with Gasteiger partial charge in [0.1, 0.15) is 0 Å². The molecule has 2 rings (SSSR count). The molecule has 0 unspecified atom stereocenters. The maximum atomic E-state index is 9.67. The lowest BCUT2D eigenvalue weighted by molar-refractivity contribution is 0.393. The van der Waals surface area contributed by atoms with Crippen molar-refractivity contribution in [2.45, 2.75) is 45.1 Å². The van der Waals surface area contributed by atoms with Gasteiger partial charge in [0.2, 0.25) is 0 Å². The molecule has 0 aromatic heterocycles. The van der Waals surface area contributed by atoms with Gasteiger partial charge in [-0.25, -0.2) is 0 Å². The Morgan fingerprint density at radius 2 is 1.69 bits per heavy atom. The molecule has 0 bridgehead atoms. The van der Waals surface area contributed by atoms with E-state index in [-0.39, 0.29) is 17.0 Å². The van der Waals surface area contributed by atoms with Gasteiger partial charge in [-0.15, -0.1) is 0 Å². The van der Waals surface area contributed by atoms with Gasteiger partial charge in [0.05, 0.1) is 0 Å². The minimum atomic E-state index is -0.319. The molecule has 0 spiro atoms. The molecule has 1 aliphatic carbocycles. The Hall–Kier alpha value is -1.22. The molecular formula is C13H19NO2. The maximum absolute atomic E-state index is 9.67. The first kappa shape index (κ1) is 11.3. The molecule has 0 amide bonds. The molecule has 3 heteroatoms. The largest absolute Gasteiger partial charge is 0.504 e. The first-order valence-corrected chi connectivity index (χ1v) is 5.77. The van der Waals surface area contributed by atoms with E-state index in [1.165, 1.54) is 0 Å². The number of phenols is 2. The molecule has 0 saturated heterocycles. The molecule has 88 valence electrons. The van der Waals surface area contributed by atoms with Gasteiger partial charge < -0.3 is 15.9 Å². The van der Waals surface area contributed by atoms with Crippen LogP contribution in [0.5, 0.6) is 11.5 Å². The topological polar surface area (TPSA) is 66.5 Å². The van der Waals surface area contributed by atoms with Gasteiger partial charge in [-0.05, 0) is 49.4 Å². The number of rotatable bonds is 1. The predicted molar refractivity (Wildman–Crippen MR) is 63.6 cm³/mol. The highest BCUT2D eigenvalue weighted by molar-refractivity contribution is 5.53. The Bertz CT molecular complexity index is 420. The zero-order chi connectivity index (χ0) is 11.9. The summed E-state index contributed by atoms with van der Waals surface area (Å²) in [5.41, 5.74) is 8.77. The molecular weight excluding hydrogens is 202 g/mol. The highest BCUT2D eigenvalue weighted by atomic mass is 16.3. The van der Waals surface area contributed by atoms with Gasteiger partial charge >= 0.3 is 0 Å². The van der Waals surface area contributed by atoms with Crippen molar-refractivity contribution in [2.75, 3.05) is 0 Å². The Labute approximate surface area is 95.9 Å². The van der Waals surface area contributed by atoms with Gasteiger partial charge in [0.25, 0.3) is 0 Å². The average Bonchev–Trinajstić information content (AvgIpc) is 2.68. The predicted octanol–water partition coefficient (Wildman–Crippen LogP) is 2.44. The molecule has 1 aromatic carbocycles. The standard InChI is InChI=1S/C13H19NO2/c1-8-9(2)12(16)11(15)7-10(8)13(14)5-3-4-6-13/h7,15-16H,3-6,14H2,1-2H3. The van der Waals surface area contributed by atoms with Gasteiger partial charge in [-0.3, -0.25) is 0 Å². The molecule has 3 nitrogen and oxygen atoms in total. The molecule has 1 fully saturated rings. The molecule has 1 saturated carbocycles. The highest BCUT2D eigenvalue weighted by Gasteiger charge is 2.33. The zero-order valence-corrected chi connectivity index (χ0v) is 9.88. The van der Waals surface area contributed by atoms with Gasteiger partial charge in [0.15, 0.2) is 11.5 Å². The number of nitrogens with two attached hydrogens (primary N) is 1. The van der Waals surface area contributed by atoms with Crippen LogP contribution >= 0.6 is 0 Å². The fraction of sp³-hybridized carbons (Fsp3) is 0.538. The third kappa shape index (κ3) is 1.55. The first-order valence-electron chi connectivity index (χ1n) is 5.77. The minimum absolute atomic E-state index is 0.0251. The smallest absolute Gasteiger partial charge is 0.160 e. The summed E-state index contributed by atoms with van der Waals surface area (Å²) in [7, 11) is 0. The van der Waals surface area contributed by atoms with Crippen molar-refractivity contribution in [2.24, 2.45) is 5.73 Å². The van der Waals surface area contributed by atoms with Crippen molar-refractivity contribution < 1.29 is 10.2 Å². The van der Waals surface area contributed by atoms with Crippen LogP contribution in [0.3, 0.4) is 0 Å². The van der Waals surface area contributed by atoms with E-state index >= 15 is 0 Å². The van der Waals surface area contributed by atoms with Gasteiger partial charge in [-0.2, -0.15) is 0 Å². The molecule has 1 aliphatic rings. The van der Waals surface area contributed by atoms with E-state index in [0.29, 0.717) is 0 Å². The van der Waals surface area contributed by atoms with Crippen LogP contribution in [0.1, 0.15) is 42.4 Å². The Morgan fingerprint density at radius 3 is 2.25 bits per heavy atom. The van der Waals surface area contributed by atoms with E-state index in [4.69, 9.17) is 5.73 Å². The van der Waals surface area contributed by atoms with Crippen molar-refractivity contribution in [3.05, 3.63) is 22.8 Å². The molecule has 4 N–H and O–H groups in total. The van der Waals surface area contributed by atoms with E-state index in [1.54, 1.807) is 6.07 Å². The quantitative estimate of drug-likeness (QED) is 0.638. The third-order valence-electron chi connectivity index (χ3n) is 3.88. The fourth-order valence-electron chi connectivity index (χ4n) is 2.68. The summed E-state index contributed by atoms with van der Waals surface area (Å²) in [6, 6.07) is 1.63. The SMILES string of the molecule is Cc1c(C2(N)CCCC2)cc(O)c(O)c1C. The van der Waals surface area contributed by atoms with Crippen LogP contribution in [0.15, 0.2) is 6.07 Å². The van der Waals surface area contributed by atoms with Crippen LogP contribution in [-0.2, 0) is 5.54 Å². The van der Waals surface area contributed by atoms with Crippen molar-refractivity contribution in [1.82, 2.24) is 0 Å². The molecule has 0 heterocycles. The molecule has 1 aromatic rings. The second kappa shape index (κ2) is 3.67. The normalized spacial score (nSPS) is 18.9. The monoisotopic (exact) mass is 221 g/mol. The van der Waals surface area contributed by atoms with Crippen LogP contribution in [-0.4, -0.2) is 10.2 Å². The van der Waals surface area contributed by atoms with Gasteiger partial charge in [-0.1, -0.05) is 12.8 Å². The number of phenolic OH excluding ortho intramolecular Hbond substituents is 2. The van der Waals surface area contributed by atoms with E-state index in [2.05, 4.69) is 0 Å². The number of hydrogen-bond donors (Lipinski definition) is 3. The van der Waals surface area contributed by atoms with Crippen molar-refractivity contribution in [3.63, 3.8) is 0 Å². The summed E-state index contributed by atoms with van der Waals surface area (Å²) < 4.78 is 0. The van der Waals surface area contributed by atoms with E-state index in [1.807, 2.05) is 13.8 Å². The minimum Gasteiger partial charge on any atom is -0.504 e. The molecule has 16 heavy (non-hydrogen) atoms. The maximum Gasteiger partial charge on any atom is 0.160 e. The van der Waals surface area contributed by atoms with Crippen molar-refractivity contribution in [1.29, 1.82) is 0 Å². The van der Waals surface area contributed by atoms with Crippen molar-refractivity contribution in [3.8, 4) is 11.5 Å². The van der Waals surface area contributed by atoms with Crippen LogP contribution in [0.25, 0.3) is 0 Å². The number of hydrogen-bond acceptors (Lipinski definition) is 3. The van der Waals surface area contributed by atoms with E-state index in [9.17, 15) is 10.2 Å². The van der Waals surface area contributed by atoms with Crippen LogP contribution in [0, 0.1) is 13.8 Å². The molecule has 0 aliphatic heterocycles. The molecule has 0 atom stereocenters. The fourth-order valence-corrected chi connectivity index (χ4v) is 2.68. The van der Waals surface area contributed by atoms with E-state index < -0.39 is 0 Å². The zero-order valence-electron chi connectivity index (χ0n) is 9.88. The summed E-state index contributed by atoms with van der Waals surface area (Å²) in [4.78, 5) is 0. The van der Waals surface area contributed by atoms with Crippen molar-refractivity contribution >= 4 is 0 Å². The van der Waals surface area contributed by atoms with Crippen LogP contribution in [0.2, 0.25) is 0 Å².